The van der Waals surface area contributed by atoms with E-state index >= 15 is 0 Å². The number of rotatable bonds is 1. The normalized spacial score (nSPS) is 19.6. The molecule has 2 aliphatic heterocycles. The van der Waals surface area contributed by atoms with Crippen molar-refractivity contribution in [3.8, 4) is 12.1 Å². The van der Waals surface area contributed by atoms with Crippen LogP contribution in [-0.4, -0.2) is 6.54 Å². The first kappa shape index (κ1) is 13.5. The van der Waals surface area contributed by atoms with Gasteiger partial charge < -0.3 is 4.90 Å². The molecule has 0 spiro atoms. The van der Waals surface area contributed by atoms with Crippen LogP contribution >= 0.6 is 0 Å². The SMILES string of the molecule is CC1(C)/C(=C\C=C(C#N)C#N)N2CCCc3cccc1c32. The van der Waals surface area contributed by atoms with Gasteiger partial charge in [-0.05, 0) is 36.1 Å². The minimum absolute atomic E-state index is 0.0950. The molecule has 1 aromatic carbocycles. The molecule has 0 amide bonds. The first-order valence-electron chi connectivity index (χ1n) is 7.22. The van der Waals surface area contributed by atoms with E-state index in [0.717, 1.165) is 19.4 Å². The number of hydrogen-bond acceptors (Lipinski definition) is 3. The van der Waals surface area contributed by atoms with Crippen molar-refractivity contribution in [2.24, 2.45) is 0 Å². The molecule has 0 aromatic heterocycles. The highest BCUT2D eigenvalue weighted by molar-refractivity contribution is 5.75. The number of allylic oxidation sites excluding steroid dienone is 4. The Labute approximate surface area is 125 Å². The average Bonchev–Trinajstić information content (AvgIpc) is 2.71. The van der Waals surface area contributed by atoms with Gasteiger partial charge in [-0.3, -0.25) is 0 Å². The topological polar surface area (TPSA) is 50.8 Å². The van der Waals surface area contributed by atoms with Gasteiger partial charge >= 0.3 is 0 Å². The van der Waals surface area contributed by atoms with Crippen LogP contribution in [0.1, 0.15) is 31.4 Å². The number of nitriles is 2. The molecule has 0 bridgehead atoms. The fraction of sp³-hybridized carbons (Fsp3) is 0.333. The number of aryl methyl sites for hydroxylation is 1. The summed E-state index contributed by atoms with van der Waals surface area (Å²) in [5.41, 5.74) is 5.31. The molecule has 0 atom stereocenters. The van der Waals surface area contributed by atoms with Crippen LogP contribution < -0.4 is 4.90 Å². The predicted octanol–water partition coefficient (Wildman–Crippen LogP) is 3.59. The lowest BCUT2D eigenvalue weighted by atomic mass is 9.83. The van der Waals surface area contributed by atoms with E-state index in [1.54, 1.807) is 6.08 Å². The van der Waals surface area contributed by atoms with Crippen molar-refractivity contribution in [1.82, 2.24) is 0 Å². The largest absolute Gasteiger partial charge is 0.344 e. The summed E-state index contributed by atoms with van der Waals surface area (Å²) in [6, 6.07) is 10.4. The highest BCUT2D eigenvalue weighted by Crippen LogP contribution is 2.50. The van der Waals surface area contributed by atoms with Crippen molar-refractivity contribution < 1.29 is 0 Å². The van der Waals surface area contributed by atoms with Gasteiger partial charge in [-0.15, -0.1) is 0 Å². The Balaban J connectivity index is 2.16. The van der Waals surface area contributed by atoms with Crippen molar-refractivity contribution in [2.75, 3.05) is 11.4 Å². The second-order valence-electron chi connectivity index (χ2n) is 6.05. The number of para-hydroxylation sites is 1. The first-order chi connectivity index (χ1) is 10.1. The second kappa shape index (κ2) is 4.79. The maximum absolute atomic E-state index is 8.90. The van der Waals surface area contributed by atoms with Crippen molar-refractivity contribution in [3.63, 3.8) is 0 Å². The Morgan fingerprint density at radius 1 is 1.29 bits per heavy atom. The van der Waals surface area contributed by atoms with Gasteiger partial charge in [-0.25, -0.2) is 0 Å². The van der Waals surface area contributed by atoms with Gasteiger partial charge in [0.1, 0.15) is 17.7 Å². The Morgan fingerprint density at radius 2 is 2.05 bits per heavy atom. The zero-order chi connectivity index (χ0) is 15.0. The molecule has 0 radical (unpaired) electrons. The average molecular weight is 275 g/mol. The maximum Gasteiger partial charge on any atom is 0.129 e. The van der Waals surface area contributed by atoms with Gasteiger partial charge in [0.05, 0.1) is 0 Å². The fourth-order valence-corrected chi connectivity index (χ4v) is 3.43. The number of hydrogen-bond donors (Lipinski definition) is 0. The van der Waals surface area contributed by atoms with E-state index < -0.39 is 0 Å². The van der Waals surface area contributed by atoms with E-state index in [-0.39, 0.29) is 11.0 Å². The van der Waals surface area contributed by atoms with Crippen LogP contribution in [0.25, 0.3) is 0 Å². The maximum atomic E-state index is 8.90. The summed E-state index contributed by atoms with van der Waals surface area (Å²) in [5, 5.41) is 17.8. The molecule has 0 N–H and O–H groups in total. The van der Waals surface area contributed by atoms with Crippen LogP contribution in [0.5, 0.6) is 0 Å². The summed E-state index contributed by atoms with van der Waals surface area (Å²) in [6.07, 6.45) is 5.84. The van der Waals surface area contributed by atoms with Crippen molar-refractivity contribution in [2.45, 2.75) is 32.1 Å². The molecule has 0 aliphatic carbocycles. The Morgan fingerprint density at radius 3 is 2.76 bits per heavy atom. The molecule has 0 fully saturated rings. The first-order valence-corrected chi connectivity index (χ1v) is 7.22. The monoisotopic (exact) mass is 275 g/mol. The highest BCUT2D eigenvalue weighted by Gasteiger charge is 2.41. The minimum Gasteiger partial charge on any atom is -0.344 e. The van der Waals surface area contributed by atoms with Gasteiger partial charge in [-0.1, -0.05) is 32.0 Å². The van der Waals surface area contributed by atoms with Crippen LogP contribution in [0.15, 0.2) is 41.6 Å². The molecule has 2 aliphatic rings. The lowest BCUT2D eigenvalue weighted by Crippen LogP contribution is -2.29. The third-order valence-corrected chi connectivity index (χ3v) is 4.47. The van der Waals surface area contributed by atoms with E-state index in [4.69, 9.17) is 10.5 Å². The van der Waals surface area contributed by atoms with Crippen LogP contribution in [0, 0.1) is 22.7 Å². The van der Waals surface area contributed by atoms with Crippen LogP contribution in [0.2, 0.25) is 0 Å². The second-order valence-corrected chi connectivity index (χ2v) is 6.05. The lowest BCUT2D eigenvalue weighted by molar-refractivity contribution is 0.625. The van der Waals surface area contributed by atoms with E-state index in [9.17, 15) is 0 Å². The van der Waals surface area contributed by atoms with E-state index in [1.807, 2.05) is 18.2 Å². The highest BCUT2D eigenvalue weighted by atomic mass is 15.2. The van der Waals surface area contributed by atoms with Gasteiger partial charge in [0.25, 0.3) is 0 Å². The van der Waals surface area contributed by atoms with Gasteiger partial charge in [-0.2, -0.15) is 10.5 Å². The molecular formula is C18H17N3. The fourth-order valence-electron chi connectivity index (χ4n) is 3.43. The molecule has 21 heavy (non-hydrogen) atoms. The van der Waals surface area contributed by atoms with Gasteiger partial charge in [0, 0.05) is 23.3 Å². The summed E-state index contributed by atoms with van der Waals surface area (Å²) in [7, 11) is 0. The summed E-state index contributed by atoms with van der Waals surface area (Å²) in [4.78, 5) is 2.36. The molecular weight excluding hydrogens is 258 g/mol. The van der Waals surface area contributed by atoms with Gasteiger partial charge in [0.15, 0.2) is 0 Å². The number of anilines is 1. The summed E-state index contributed by atoms with van der Waals surface area (Å²) < 4.78 is 0. The summed E-state index contributed by atoms with van der Waals surface area (Å²) >= 11 is 0. The minimum atomic E-state index is -0.0950. The summed E-state index contributed by atoms with van der Waals surface area (Å²) in [5.74, 6) is 0. The third kappa shape index (κ3) is 1.94. The molecule has 1 aromatic rings. The summed E-state index contributed by atoms with van der Waals surface area (Å²) in [6.45, 7) is 5.42. The zero-order valence-corrected chi connectivity index (χ0v) is 12.3. The molecule has 0 unspecified atom stereocenters. The number of nitrogens with zero attached hydrogens (tertiary/aromatic N) is 3. The molecule has 3 nitrogen and oxygen atoms in total. The quantitative estimate of drug-likeness (QED) is 0.736. The molecule has 0 saturated carbocycles. The van der Waals surface area contributed by atoms with E-state index in [0.29, 0.717) is 0 Å². The van der Waals surface area contributed by atoms with E-state index in [2.05, 4.69) is 36.9 Å². The van der Waals surface area contributed by atoms with Crippen LogP contribution in [0.3, 0.4) is 0 Å². The molecule has 3 rings (SSSR count). The lowest BCUT2D eigenvalue weighted by Gasteiger charge is -2.30. The van der Waals surface area contributed by atoms with Crippen molar-refractivity contribution in [1.29, 1.82) is 10.5 Å². The van der Waals surface area contributed by atoms with Crippen LogP contribution in [-0.2, 0) is 11.8 Å². The van der Waals surface area contributed by atoms with Crippen molar-refractivity contribution >= 4 is 5.69 Å². The molecule has 104 valence electrons. The van der Waals surface area contributed by atoms with Gasteiger partial charge in [0.2, 0.25) is 0 Å². The van der Waals surface area contributed by atoms with E-state index in [1.165, 1.54) is 22.5 Å². The standard InChI is InChI=1S/C18H17N3/c1-18(2)15-7-3-5-14-6-4-10-21(17(14)15)16(18)9-8-13(11-19)12-20/h3,5,7-9H,4,6,10H2,1-2H3/b16-9+. The third-order valence-electron chi connectivity index (χ3n) is 4.47. The molecule has 2 heterocycles. The Bertz CT molecular complexity index is 723. The predicted molar refractivity (Wildman–Crippen MR) is 82.5 cm³/mol. The zero-order valence-electron chi connectivity index (χ0n) is 12.3. The Kier molecular flexibility index (Phi) is 3.07. The number of benzene rings is 1. The van der Waals surface area contributed by atoms with Crippen LogP contribution in [0.4, 0.5) is 5.69 Å². The Hall–Kier alpha value is -2.52. The molecule has 0 saturated heterocycles. The molecule has 3 heteroatoms. The smallest absolute Gasteiger partial charge is 0.129 e. The van der Waals surface area contributed by atoms with Crippen molar-refractivity contribution in [3.05, 3.63) is 52.7 Å².